The van der Waals surface area contributed by atoms with Gasteiger partial charge in [0.1, 0.15) is 4.90 Å². The summed E-state index contributed by atoms with van der Waals surface area (Å²) in [5, 5.41) is 19.3. The van der Waals surface area contributed by atoms with Crippen LogP contribution in [0.25, 0.3) is 0 Å². The van der Waals surface area contributed by atoms with Gasteiger partial charge in [0.15, 0.2) is 0 Å². The Morgan fingerprint density at radius 2 is 2.00 bits per heavy atom. The van der Waals surface area contributed by atoms with E-state index in [9.17, 15) is 18.5 Å². The fraction of sp³-hybridized carbons (Fsp3) is 0.500. The lowest BCUT2D eigenvalue weighted by Crippen LogP contribution is -2.28. The van der Waals surface area contributed by atoms with Crippen LogP contribution in [0.1, 0.15) is 19.3 Å². The van der Waals surface area contributed by atoms with Crippen molar-refractivity contribution < 1.29 is 18.4 Å². The lowest BCUT2D eigenvalue weighted by atomic mass is 10.2. The molecule has 0 fully saturated rings. The van der Waals surface area contributed by atoms with Gasteiger partial charge < -0.3 is 10.8 Å². The van der Waals surface area contributed by atoms with Crippen molar-refractivity contribution in [3.63, 3.8) is 0 Å². The van der Waals surface area contributed by atoms with Gasteiger partial charge in [-0.3, -0.25) is 10.1 Å². The van der Waals surface area contributed by atoms with E-state index in [0.29, 0.717) is 25.8 Å². The smallest absolute Gasteiger partial charge is 0.271 e. The van der Waals surface area contributed by atoms with Gasteiger partial charge in [-0.15, -0.1) is 0 Å². The number of hydrogen-bond donors (Lipinski definition) is 2. The minimum Gasteiger partial charge on any atom is -0.397 e. The molecule has 0 unspecified atom stereocenters. The molecule has 0 heterocycles. The van der Waals surface area contributed by atoms with Crippen LogP contribution in [0.2, 0.25) is 0 Å². The zero-order valence-corrected chi connectivity index (χ0v) is 12.5. The summed E-state index contributed by atoms with van der Waals surface area (Å²) in [5.41, 5.74) is 5.22. The van der Waals surface area contributed by atoms with Crippen molar-refractivity contribution in [2.24, 2.45) is 0 Å². The maximum absolute atomic E-state index is 12.3. The fourth-order valence-corrected chi connectivity index (χ4v) is 3.10. The van der Waals surface area contributed by atoms with Crippen LogP contribution >= 0.6 is 0 Å². The standard InChI is InChI=1S/C12H19N3O5S/c1-14(7-3-2-4-8-16)21(19,20)12-6-5-10(15(17)18)9-11(12)13/h5-6,9,16H,2-4,7-8,13H2,1H3. The van der Waals surface area contributed by atoms with Gasteiger partial charge in [-0.25, -0.2) is 12.7 Å². The minimum atomic E-state index is -3.78. The van der Waals surface area contributed by atoms with Crippen molar-refractivity contribution in [3.05, 3.63) is 28.3 Å². The van der Waals surface area contributed by atoms with E-state index in [2.05, 4.69) is 0 Å². The highest BCUT2D eigenvalue weighted by molar-refractivity contribution is 7.89. The number of non-ortho nitro benzene ring substituents is 1. The second-order valence-corrected chi connectivity index (χ2v) is 6.60. The number of aliphatic hydroxyl groups excluding tert-OH is 1. The van der Waals surface area contributed by atoms with Crippen LogP contribution in [0, 0.1) is 10.1 Å². The van der Waals surface area contributed by atoms with Gasteiger partial charge in [-0.05, 0) is 25.3 Å². The SMILES string of the molecule is CN(CCCCCO)S(=O)(=O)c1ccc([N+](=O)[O-])cc1N. The Hall–Kier alpha value is -1.71. The van der Waals surface area contributed by atoms with Crippen LogP contribution in [0.4, 0.5) is 11.4 Å². The van der Waals surface area contributed by atoms with E-state index in [0.717, 1.165) is 22.5 Å². The summed E-state index contributed by atoms with van der Waals surface area (Å²) in [6.07, 6.45) is 1.95. The Kier molecular flexibility index (Phi) is 6.06. The topological polar surface area (TPSA) is 127 Å². The molecule has 0 amide bonds. The number of sulfonamides is 1. The van der Waals surface area contributed by atoms with Crippen molar-refractivity contribution in [3.8, 4) is 0 Å². The van der Waals surface area contributed by atoms with Gasteiger partial charge in [0.25, 0.3) is 5.69 Å². The van der Waals surface area contributed by atoms with E-state index in [1.165, 1.54) is 7.05 Å². The number of aliphatic hydroxyl groups is 1. The maximum Gasteiger partial charge on any atom is 0.271 e. The largest absolute Gasteiger partial charge is 0.397 e. The first kappa shape index (κ1) is 17.3. The van der Waals surface area contributed by atoms with Crippen LogP contribution in [0.3, 0.4) is 0 Å². The molecule has 1 aromatic carbocycles. The van der Waals surface area contributed by atoms with Crippen LogP contribution in [0.5, 0.6) is 0 Å². The van der Waals surface area contributed by atoms with Crippen molar-refractivity contribution in [1.29, 1.82) is 0 Å². The summed E-state index contributed by atoms with van der Waals surface area (Å²) in [6.45, 7) is 0.366. The van der Waals surface area contributed by atoms with Crippen LogP contribution < -0.4 is 5.73 Å². The highest BCUT2D eigenvalue weighted by Gasteiger charge is 2.24. The summed E-state index contributed by atoms with van der Waals surface area (Å²) in [7, 11) is -2.35. The molecule has 0 aliphatic carbocycles. The Balaban J connectivity index is 2.89. The third-order valence-electron chi connectivity index (χ3n) is 3.02. The van der Waals surface area contributed by atoms with E-state index in [-0.39, 0.29) is 22.9 Å². The molecule has 0 spiro atoms. The number of nitro groups is 1. The molecule has 0 bridgehead atoms. The number of nitrogens with two attached hydrogens (primary N) is 1. The van der Waals surface area contributed by atoms with Crippen molar-refractivity contribution in [2.75, 3.05) is 25.9 Å². The summed E-state index contributed by atoms with van der Waals surface area (Å²) in [6, 6.07) is 3.29. The third-order valence-corrected chi connectivity index (χ3v) is 4.95. The first-order chi connectivity index (χ1) is 9.80. The van der Waals surface area contributed by atoms with Gasteiger partial charge >= 0.3 is 0 Å². The molecule has 0 atom stereocenters. The second kappa shape index (κ2) is 7.34. The van der Waals surface area contributed by atoms with E-state index < -0.39 is 14.9 Å². The Labute approximate surface area is 123 Å². The lowest BCUT2D eigenvalue weighted by molar-refractivity contribution is -0.384. The number of rotatable bonds is 8. The molecule has 1 aromatic rings. The Morgan fingerprint density at radius 1 is 1.33 bits per heavy atom. The number of nitro benzene ring substituents is 1. The van der Waals surface area contributed by atoms with Gasteiger partial charge in [-0.2, -0.15) is 0 Å². The number of benzene rings is 1. The Morgan fingerprint density at radius 3 is 2.52 bits per heavy atom. The molecule has 21 heavy (non-hydrogen) atoms. The Bertz CT molecular complexity index is 603. The predicted molar refractivity (Wildman–Crippen MR) is 78.3 cm³/mol. The molecule has 1 rings (SSSR count). The van der Waals surface area contributed by atoms with Crippen LogP contribution in [-0.2, 0) is 10.0 Å². The third kappa shape index (κ3) is 4.38. The number of unbranched alkanes of at least 4 members (excludes halogenated alkanes) is 2. The van der Waals surface area contributed by atoms with Crippen LogP contribution in [0.15, 0.2) is 23.1 Å². The van der Waals surface area contributed by atoms with E-state index in [1.54, 1.807) is 0 Å². The summed E-state index contributed by atoms with van der Waals surface area (Å²) >= 11 is 0. The summed E-state index contributed by atoms with van der Waals surface area (Å²) in [5.74, 6) is 0. The monoisotopic (exact) mass is 317 g/mol. The van der Waals surface area contributed by atoms with Gasteiger partial charge in [-0.1, -0.05) is 0 Å². The molecular weight excluding hydrogens is 298 g/mol. The minimum absolute atomic E-state index is 0.0752. The molecule has 0 saturated carbocycles. The van der Waals surface area contributed by atoms with Crippen molar-refractivity contribution in [1.82, 2.24) is 4.31 Å². The maximum atomic E-state index is 12.3. The predicted octanol–water partition coefficient (Wildman–Crippen LogP) is 0.960. The number of hydrogen-bond acceptors (Lipinski definition) is 6. The first-order valence-corrected chi connectivity index (χ1v) is 7.86. The van der Waals surface area contributed by atoms with Gasteiger partial charge in [0, 0.05) is 32.3 Å². The molecule has 0 saturated heterocycles. The first-order valence-electron chi connectivity index (χ1n) is 6.42. The number of anilines is 1. The molecule has 0 aromatic heterocycles. The molecule has 0 aliphatic rings. The molecule has 0 radical (unpaired) electrons. The molecule has 3 N–H and O–H groups in total. The number of nitrogen functional groups attached to an aromatic ring is 1. The zero-order chi connectivity index (χ0) is 16.0. The van der Waals surface area contributed by atoms with E-state index in [1.807, 2.05) is 0 Å². The zero-order valence-electron chi connectivity index (χ0n) is 11.7. The quantitative estimate of drug-likeness (QED) is 0.318. The fourth-order valence-electron chi connectivity index (χ4n) is 1.80. The normalized spacial score (nSPS) is 11.8. The van der Waals surface area contributed by atoms with E-state index >= 15 is 0 Å². The average molecular weight is 317 g/mol. The molecule has 9 heteroatoms. The average Bonchev–Trinajstić information content (AvgIpc) is 2.42. The van der Waals surface area contributed by atoms with Crippen LogP contribution in [-0.4, -0.2) is 43.0 Å². The van der Waals surface area contributed by atoms with Gasteiger partial charge in [0.05, 0.1) is 10.6 Å². The highest BCUT2D eigenvalue weighted by atomic mass is 32.2. The molecule has 8 nitrogen and oxygen atoms in total. The highest BCUT2D eigenvalue weighted by Crippen LogP contribution is 2.26. The molecule has 0 aliphatic heterocycles. The molecular formula is C12H19N3O5S. The van der Waals surface area contributed by atoms with E-state index in [4.69, 9.17) is 10.8 Å². The summed E-state index contributed by atoms with van der Waals surface area (Å²) < 4.78 is 25.8. The van der Waals surface area contributed by atoms with Gasteiger partial charge in [0.2, 0.25) is 10.0 Å². The number of nitrogens with zero attached hydrogens (tertiary/aromatic N) is 2. The van der Waals surface area contributed by atoms with Crippen molar-refractivity contribution >= 4 is 21.4 Å². The molecule has 118 valence electrons. The lowest BCUT2D eigenvalue weighted by Gasteiger charge is -2.18. The second-order valence-electron chi connectivity index (χ2n) is 4.59. The van der Waals surface area contributed by atoms with Crippen molar-refractivity contribution in [2.45, 2.75) is 24.2 Å². The summed E-state index contributed by atoms with van der Waals surface area (Å²) in [4.78, 5) is 9.85.